The Bertz CT molecular complexity index is 9.51. The maximum absolute atomic E-state index is 3.49. The van der Waals surface area contributed by atoms with E-state index in [4.69, 9.17) is 0 Å². The largest absolute Gasteiger partial charge is 2.00 e. The smallest absolute Gasteiger partial charge is 0.358 e. The predicted octanol–water partition coefficient (Wildman–Crippen LogP) is 0.488. The van der Waals surface area contributed by atoms with Crippen molar-refractivity contribution >= 4 is 0 Å². The summed E-state index contributed by atoms with van der Waals surface area (Å²) in [5, 5.41) is 2.82. The molecule has 0 saturated carbocycles. The summed E-state index contributed by atoms with van der Waals surface area (Å²) in [7, 11) is 1.87. The topological polar surface area (TPSA) is 12.0 Å². The van der Waals surface area contributed by atoms with E-state index in [9.17, 15) is 0 Å². The molecule has 0 aliphatic carbocycles. The third kappa shape index (κ3) is 22.8. The molecule has 0 heterocycles. The van der Waals surface area contributed by atoms with E-state index < -0.39 is 0 Å². The Hall–Kier alpha value is 0.648. The van der Waals surface area contributed by atoms with E-state index in [-0.39, 0.29) is 28.5 Å². The normalized spacial score (nSPS) is 5.00. The van der Waals surface area contributed by atoms with Gasteiger partial charge in [-0.05, 0) is 7.05 Å². The predicted molar refractivity (Wildman–Crippen MR) is 25.7 cm³/mol. The van der Waals surface area contributed by atoms with Gasteiger partial charge in [-0.15, -0.1) is 6.54 Å². The van der Waals surface area contributed by atoms with Gasteiger partial charge < -0.3 is 19.7 Å². The molecule has 0 rings (SSSR count). The van der Waals surface area contributed by atoms with Gasteiger partial charge in [-0.3, -0.25) is 0 Å². The van der Waals surface area contributed by atoms with E-state index in [0.29, 0.717) is 0 Å². The Morgan fingerprint density at radius 2 is 1.83 bits per heavy atom. The molecule has 0 aliphatic rings. The molecular formula is C4H11NW. The van der Waals surface area contributed by atoms with Gasteiger partial charge in [-0.25, -0.2) is 0 Å². The molecule has 0 aromatic heterocycles. The summed E-state index contributed by atoms with van der Waals surface area (Å²) in [6, 6.07) is 0. The quantitative estimate of drug-likeness (QED) is 0.674. The van der Waals surface area contributed by atoms with Gasteiger partial charge in [0.25, 0.3) is 0 Å². The summed E-state index contributed by atoms with van der Waals surface area (Å²) in [5.74, 6) is 0. The van der Waals surface area contributed by atoms with Crippen LogP contribution in [0.2, 0.25) is 0 Å². The third-order valence-electron chi connectivity index (χ3n) is 0.250. The van der Waals surface area contributed by atoms with Crippen molar-refractivity contribution in [2.45, 2.75) is 0 Å². The molecule has 0 unspecified atom stereocenters. The summed E-state index contributed by atoms with van der Waals surface area (Å²) in [6.07, 6.45) is 0. The standard InChI is InChI=1S/C3H8N.CH3.W/c1-3-4-2;;/h4H,1,3H2,2H3;1H3;/q2*-1;+2. The third-order valence-corrected chi connectivity index (χ3v) is 0.250. The average Bonchev–Trinajstić information content (AvgIpc) is 1.37. The van der Waals surface area contributed by atoms with E-state index in [0.717, 1.165) is 6.54 Å². The van der Waals surface area contributed by atoms with Gasteiger partial charge in [0.05, 0.1) is 0 Å². The molecule has 0 saturated heterocycles. The van der Waals surface area contributed by atoms with Crippen LogP contribution in [0.1, 0.15) is 0 Å². The van der Waals surface area contributed by atoms with Crippen LogP contribution in [-0.2, 0) is 21.1 Å². The molecule has 0 aliphatic heterocycles. The van der Waals surface area contributed by atoms with Gasteiger partial charge in [0.15, 0.2) is 0 Å². The molecule has 6 heavy (non-hydrogen) atoms. The van der Waals surface area contributed by atoms with Crippen LogP contribution in [0.5, 0.6) is 0 Å². The first-order chi connectivity index (χ1) is 1.91. The van der Waals surface area contributed by atoms with E-state index in [1.54, 1.807) is 0 Å². The van der Waals surface area contributed by atoms with Crippen molar-refractivity contribution in [3.8, 4) is 0 Å². The van der Waals surface area contributed by atoms with Gasteiger partial charge in [0.2, 0.25) is 0 Å². The zero-order valence-corrected chi connectivity index (χ0v) is 7.26. The molecule has 0 fully saturated rings. The Kier molecular flexibility index (Phi) is 46.2. The van der Waals surface area contributed by atoms with Gasteiger partial charge in [0.1, 0.15) is 0 Å². The molecule has 0 atom stereocenters. The molecule has 0 amide bonds. The van der Waals surface area contributed by atoms with Gasteiger partial charge >= 0.3 is 21.1 Å². The first-order valence-corrected chi connectivity index (χ1v) is 1.35. The second-order valence-corrected chi connectivity index (χ2v) is 0.604. The van der Waals surface area contributed by atoms with Crippen LogP contribution in [0.3, 0.4) is 0 Å². The second-order valence-electron chi connectivity index (χ2n) is 0.604. The minimum absolute atomic E-state index is 0. The zero-order chi connectivity index (χ0) is 3.41. The maximum atomic E-state index is 3.49. The van der Waals surface area contributed by atoms with Crippen LogP contribution in [0.15, 0.2) is 0 Å². The molecular weight excluding hydrogens is 246 g/mol. The summed E-state index contributed by atoms with van der Waals surface area (Å²) in [4.78, 5) is 0. The molecule has 1 N–H and O–H groups in total. The van der Waals surface area contributed by atoms with Crippen molar-refractivity contribution in [2.24, 2.45) is 0 Å². The Morgan fingerprint density at radius 3 is 1.83 bits per heavy atom. The van der Waals surface area contributed by atoms with Crippen molar-refractivity contribution in [1.82, 2.24) is 5.32 Å². The van der Waals surface area contributed by atoms with Gasteiger partial charge in [-0.1, -0.05) is 0 Å². The van der Waals surface area contributed by atoms with Crippen LogP contribution >= 0.6 is 0 Å². The molecule has 38 valence electrons. The van der Waals surface area contributed by atoms with E-state index in [2.05, 4.69) is 12.2 Å². The summed E-state index contributed by atoms with van der Waals surface area (Å²) < 4.78 is 0. The monoisotopic (exact) mass is 257 g/mol. The number of hydrogen-bond donors (Lipinski definition) is 1. The van der Waals surface area contributed by atoms with E-state index in [1.165, 1.54) is 0 Å². The minimum atomic E-state index is 0. The van der Waals surface area contributed by atoms with Crippen LogP contribution in [0.25, 0.3) is 0 Å². The van der Waals surface area contributed by atoms with Crippen molar-refractivity contribution in [3.05, 3.63) is 14.4 Å². The molecule has 1 nitrogen and oxygen atoms in total. The number of nitrogens with one attached hydrogen (secondary N) is 1. The Morgan fingerprint density at radius 1 is 1.67 bits per heavy atom. The Labute approximate surface area is 54.8 Å². The van der Waals surface area contributed by atoms with Crippen LogP contribution in [0, 0.1) is 14.4 Å². The number of hydrogen-bond acceptors (Lipinski definition) is 1. The van der Waals surface area contributed by atoms with Crippen molar-refractivity contribution in [2.75, 3.05) is 13.6 Å². The molecule has 0 bridgehead atoms. The summed E-state index contributed by atoms with van der Waals surface area (Å²) in [5.41, 5.74) is 0. The van der Waals surface area contributed by atoms with Crippen LogP contribution in [0.4, 0.5) is 0 Å². The van der Waals surface area contributed by atoms with Gasteiger partial charge in [0, 0.05) is 0 Å². The molecule has 0 radical (unpaired) electrons. The molecule has 0 spiro atoms. The fraction of sp³-hybridized carbons (Fsp3) is 0.500. The van der Waals surface area contributed by atoms with E-state index in [1.807, 2.05) is 7.05 Å². The average molecular weight is 257 g/mol. The first-order valence-electron chi connectivity index (χ1n) is 1.35. The zero-order valence-electron chi connectivity index (χ0n) is 4.32. The van der Waals surface area contributed by atoms with E-state index >= 15 is 0 Å². The van der Waals surface area contributed by atoms with Crippen molar-refractivity contribution in [1.29, 1.82) is 0 Å². The number of rotatable bonds is 1. The molecule has 2 heteroatoms. The molecule has 0 aromatic rings. The Balaban J connectivity index is -0.0000000450. The maximum Gasteiger partial charge on any atom is 2.00 e. The fourth-order valence-electron chi connectivity index (χ4n) is 0. The summed E-state index contributed by atoms with van der Waals surface area (Å²) in [6.45, 7) is 4.31. The fourth-order valence-corrected chi connectivity index (χ4v) is 0. The van der Waals surface area contributed by atoms with Crippen LogP contribution < -0.4 is 5.32 Å². The SMILES string of the molecule is [CH2-]CNC.[CH3-].[W+2]. The summed E-state index contributed by atoms with van der Waals surface area (Å²) >= 11 is 0. The second kappa shape index (κ2) is 17.4. The molecule has 0 aromatic carbocycles. The first kappa shape index (κ1) is 15.9. The van der Waals surface area contributed by atoms with Crippen LogP contribution in [-0.4, -0.2) is 13.6 Å². The minimum Gasteiger partial charge on any atom is -0.358 e. The van der Waals surface area contributed by atoms with Crippen molar-refractivity contribution in [3.63, 3.8) is 0 Å². The van der Waals surface area contributed by atoms with Gasteiger partial charge in [-0.2, -0.15) is 0 Å². The van der Waals surface area contributed by atoms with Crippen molar-refractivity contribution < 1.29 is 21.1 Å².